The fourth-order valence-electron chi connectivity index (χ4n) is 11.8. The second-order valence-corrected chi connectivity index (χ2v) is 22.5. The number of carbonyl (C=O) groups is 4. The molecule has 0 unspecified atom stereocenters. The van der Waals surface area contributed by atoms with Gasteiger partial charge < -0.3 is 30.2 Å². The van der Waals surface area contributed by atoms with E-state index in [0.29, 0.717) is 22.7 Å². The fourth-order valence-corrected chi connectivity index (χ4v) is 11.8. The molecule has 12 heteroatoms. The minimum absolute atomic E-state index is 0.141. The highest BCUT2D eigenvalue weighted by Gasteiger charge is 2.44. The lowest BCUT2D eigenvalue weighted by Gasteiger charge is -2.46. The molecule has 2 fully saturated rings. The average molecular weight is 967 g/mol. The molecule has 4 amide bonds. The van der Waals surface area contributed by atoms with E-state index in [-0.39, 0.29) is 33.6 Å². The quantitative estimate of drug-likeness (QED) is 0.112. The largest absolute Gasteiger partial charge is 0.328 e. The van der Waals surface area contributed by atoms with E-state index in [4.69, 9.17) is 0 Å². The first-order valence-electron chi connectivity index (χ1n) is 25.3. The second kappa shape index (κ2) is 18.5. The molecule has 12 aliphatic rings. The van der Waals surface area contributed by atoms with E-state index in [9.17, 15) is 19.2 Å². The minimum atomic E-state index is -0.399. The maximum Gasteiger partial charge on any atom is 0.274 e. The zero-order chi connectivity index (χ0) is 51.7. The third-order valence-electron chi connectivity index (χ3n) is 16.3. The number of anilines is 4. The molecule has 4 aromatic carbocycles. The van der Waals surface area contributed by atoms with Gasteiger partial charge in [0.15, 0.2) is 0 Å². The summed E-state index contributed by atoms with van der Waals surface area (Å²) < 4.78 is 1.81. The predicted octanol–water partition coefficient (Wildman–Crippen LogP) is 10.6. The molecule has 12 nitrogen and oxygen atoms in total. The van der Waals surface area contributed by atoms with E-state index in [2.05, 4.69) is 108 Å². The standard InChI is InChI=1S/C60H68N8O4/c1-35-27-43-28-36(2)51(35)63-55(69)47-15-13-16-48(61-47)56(70)65-53-39(5)31-45(32-40(53)6)60(21-25-68(11,12)26-22-60)46-33-41(7)54(42(8)34-46)66-58(72)50-18-14-17-49(62-50)57(71)64-52-37(3)29-44(30-38(52)4)59(43)19-23-67(9,10)24-20-59/h13-18,27-34H,19-26H2,1-12H3,(H2-2,63,64,65,66,69,70,71,72)/p+2. The van der Waals surface area contributed by atoms with E-state index >= 15 is 0 Å². The minimum Gasteiger partial charge on any atom is -0.328 e. The molecule has 14 heterocycles. The summed E-state index contributed by atoms with van der Waals surface area (Å²) in [7, 11) is 9.09. The van der Waals surface area contributed by atoms with Crippen LogP contribution in [0.25, 0.3) is 0 Å². The lowest BCUT2D eigenvalue weighted by molar-refractivity contribution is -0.896. The van der Waals surface area contributed by atoms with Gasteiger partial charge in [0.1, 0.15) is 22.8 Å². The van der Waals surface area contributed by atoms with Gasteiger partial charge in [-0.1, -0.05) is 60.7 Å². The SMILES string of the molecule is Cc1cc2cc(C)c1NC(=O)c1cccc(n1)C(=O)Nc1c(C)cc(cc1C)C1(CC[N+](C)(C)CC1)c1cc(C)c(c(C)c1)NC(=O)c1cccc(n1)C(=O)Nc1c(C)cc(cc1C)C21CC[N+](C)(C)CC1. The number of aromatic nitrogens is 2. The van der Waals surface area contributed by atoms with Gasteiger partial charge >= 0.3 is 0 Å². The van der Waals surface area contributed by atoms with Crippen LogP contribution in [0.5, 0.6) is 0 Å². The lowest BCUT2D eigenvalue weighted by Crippen LogP contribution is -2.51. The summed E-state index contributed by atoms with van der Waals surface area (Å²) in [5, 5.41) is 12.6. The van der Waals surface area contributed by atoms with Crippen LogP contribution in [0.4, 0.5) is 22.7 Å². The predicted molar refractivity (Wildman–Crippen MR) is 288 cm³/mol. The first kappa shape index (κ1) is 49.9. The molecule has 372 valence electrons. The molecule has 2 aromatic heterocycles. The third kappa shape index (κ3) is 9.34. The van der Waals surface area contributed by atoms with Crippen molar-refractivity contribution in [1.82, 2.24) is 9.97 Å². The molecule has 0 radical (unpaired) electrons. The van der Waals surface area contributed by atoms with Gasteiger partial charge in [-0.05, 0) is 146 Å². The Kier molecular flexibility index (Phi) is 12.9. The van der Waals surface area contributed by atoms with Crippen LogP contribution in [0, 0.1) is 55.4 Å². The number of piperidine rings is 2. The number of quaternary nitrogens is 2. The van der Waals surface area contributed by atoms with Gasteiger partial charge in [0.05, 0.1) is 54.4 Å². The number of nitrogens with one attached hydrogen (secondary N) is 4. The van der Waals surface area contributed by atoms with Crippen molar-refractivity contribution in [1.29, 1.82) is 0 Å². The Bertz CT molecular complexity index is 2730. The second-order valence-electron chi connectivity index (χ2n) is 22.5. The van der Waals surface area contributed by atoms with Crippen molar-refractivity contribution < 1.29 is 28.1 Å². The van der Waals surface area contributed by atoms with Crippen LogP contribution in [0.15, 0.2) is 84.9 Å². The normalized spacial score (nSPS) is 18.3. The summed E-state index contributed by atoms with van der Waals surface area (Å²) in [6.45, 7) is 20.1. The summed E-state index contributed by atoms with van der Waals surface area (Å²) in [6, 6.07) is 27.6. The molecule has 12 aliphatic heterocycles. The van der Waals surface area contributed by atoms with E-state index < -0.39 is 23.6 Å². The average Bonchev–Trinajstić information content (AvgIpc) is 3.33. The highest BCUT2D eigenvalue weighted by atomic mass is 16.2. The highest BCUT2D eigenvalue weighted by Crippen LogP contribution is 2.48. The Balaban J connectivity index is 1.15. The van der Waals surface area contributed by atoms with Crippen molar-refractivity contribution in [3.8, 4) is 0 Å². The maximum atomic E-state index is 14.1. The van der Waals surface area contributed by atoms with Crippen LogP contribution in [0.2, 0.25) is 0 Å². The molecule has 0 atom stereocenters. The van der Waals surface area contributed by atoms with Crippen LogP contribution in [-0.2, 0) is 10.8 Å². The molecule has 0 saturated carbocycles. The topological polar surface area (TPSA) is 142 Å². The Hall–Kier alpha value is -7.02. The highest BCUT2D eigenvalue weighted by molar-refractivity contribution is 6.08. The van der Waals surface area contributed by atoms with Gasteiger partial charge in [0, 0.05) is 59.3 Å². The van der Waals surface area contributed by atoms with Crippen molar-refractivity contribution in [3.05, 3.63) is 174 Å². The Morgan fingerprint density at radius 3 is 0.750 bits per heavy atom. The summed E-state index contributed by atoms with van der Waals surface area (Å²) >= 11 is 0. The van der Waals surface area contributed by atoms with Crippen molar-refractivity contribution in [2.75, 3.05) is 75.6 Å². The maximum absolute atomic E-state index is 14.1. The van der Waals surface area contributed by atoms with Gasteiger partial charge in [-0.15, -0.1) is 0 Å². The number of amides is 4. The molecule has 4 N–H and O–H groups in total. The monoisotopic (exact) mass is 967 g/mol. The number of hydrogen-bond acceptors (Lipinski definition) is 6. The van der Waals surface area contributed by atoms with Gasteiger partial charge in [0.2, 0.25) is 0 Å². The zero-order valence-corrected chi connectivity index (χ0v) is 44.2. The molecule has 72 heavy (non-hydrogen) atoms. The number of carbonyl (C=O) groups excluding carboxylic acids is 4. The molecule has 18 rings (SSSR count). The molecular formula is C60H70N8O4+2. The van der Waals surface area contributed by atoms with Gasteiger partial charge in [-0.2, -0.15) is 0 Å². The van der Waals surface area contributed by atoms with E-state index in [1.807, 2.05) is 55.4 Å². The van der Waals surface area contributed by atoms with Crippen LogP contribution in [0.3, 0.4) is 0 Å². The number of pyridine rings is 2. The number of likely N-dealkylation sites (tertiary alicyclic amines) is 2. The van der Waals surface area contributed by atoms with Crippen LogP contribution in [0.1, 0.15) is 134 Å². The summed E-state index contributed by atoms with van der Waals surface area (Å²) in [5.74, 6) is -1.60. The number of nitrogens with zero attached hydrogens (tertiary/aromatic N) is 4. The molecule has 6 aromatic rings. The number of aryl methyl sites for hydroxylation is 8. The first-order chi connectivity index (χ1) is 34.0. The molecule has 2 saturated heterocycles. The Labute approximate surface area is 424 Å². The van der Waals surface area contributed by atoms with Crippen molar-refractivity contribution in [2.24, 2.45) is 0 Å². The summed E-state index contributed by atoms with van der Waals surface area (Å²) in [5.41, 5.74) is 14.8. The summed E-state index contributed by atoms with van der Waals surface area (Å²) in [4.78, 5) is 65.6. The van der Waals surface area contributed by atoms with Gasteiger partial charge in [-0.25, -0.2) is 9.97 Å². The van der Waals surface area contributed by atoms with Crippen LogP contribution in [-0.4, -0.2) is 96.9 Å². The van der Waals surface area contributed by atoms with Crippen molar-refractivity contribution in [2.45, 2.75) is 91.9 Å². The van der Waals surface area contributed by atoms with Crippen molar-refractivity contribution in [3.63, 3.8) is 0 Å². The lowest BCUT2D eigenvalue weighted by atomic mass is 9.66. The Morgan fingerprint density at radius 2 is 0.556 bits per heavy atom. The molecular weight excluding hydrogens is 897 g/mol. The first-order valence-corrected chi connectivity index (χ1v) is 25.3. The Morgan fingerprint density at radius 1 is 0.361 bits per heavy atom. The number of benzene rings is 4. The van der Waals surface area contributed by atoms with Crippen molar-refractivity contribution >= 4 is 46.4 Å². The smallest absolute Gasteiger partial charge is 0.274 e. The van der Waals surface area contributed by atoms with E-state index in [1.54, 1.807) is 36.4 Å². The van der Waals surface area contributed by atoms with Gasteiger partial charge in [0.25, 0.3) is 23.6 Å². The third-order valence-corrected chi connectivity index (χ3v) is 16.3. The van der Waals surface area contributed by atoms with Gasteiger partial charge in [-0.3, -0.25) is 19.2 Å². The molecule has 0 aliphatic carbocycles. The van der Waals surface area contributed by atoms with E-state index in [0.717, 1.165) is 105 Å². The number of rotatable bonds is 0. The molecule has 12 bridgehead atoms. The zero-order valence-electron chi connectivity index (χ0n) is 44.2. The van der Waals surface area contributed by atoms with Crippen LogP contribution < -0.4 is 21.3 Å². The fraction of sp³-hybridized carbons (Fsp3) is 0.367. The van der Waals surface area contributed by atoms with Crippen LogP contribution >= 0.6 is 0 Å². The van der Waals surface area contributed by atoms with E-state index in [1.165, 1.54) is 22.3 Å². The summed E-state index contributed by atoms with van der Waals surface area (Å²) in [6.07, 6.45) is 3.60. The number of hydrogen-bond donors (Lipinski definition) is 4. The molecule has 2 spiro atoms.